The van der Waals surface area contributed by atoms with Crippen LogP contribution in [-0.4, -0.2) is 58.6 Å². The average molecular weight is 502 g/mol. The Morgan fingerprint density at radius 1 is 1.37 bits per heavy atom. The first kappa shape index (κ1) is 22.5. The maximum atomic E-state index is 11.3. The summed E-state index contributed by atoms with van der Waals surface area (Å²) in [4.78, 5) is 16.7. The third-order valence-electron chi connectivity index (χ3n) is 4.79. The Balaban J connectivity index is 1.68. The highest BCUT2D eigenvalue weighted by Gasteiger charge is 2.34. The van der Waals surface area contributed by atoms with Gasteiger partial charge in [0.2, 0.25) is 0 Å². The molecule has 162 valence electrons. The summed E-state index contributed by atoms with van der Waals surface area (Å²) in [5.74, 6) is 1.19. The Hall–Kier alpha value is -2.23. The van der Waals surface area contributed by atoms with Crippen LogP contribution in [-0.2, 0) is 6.61 Å². The molecule has 2 N–H and O–H groups in total. The number of aromatic nitrogens is 1. The second-order valence-corrected chi connectivity index (χ2v) is 8.00. The Morgan fingerprint density at radius 2 is 2.10 bits per heavy atom. The molecule has 10 heteroatoms. The summed E-state index contributed by atoms with van der Waals surface area (Å²) >= 11 is 9.44. The molecule has 1 aromatic heterocycles. The van der Waals surface area contributed by atoms with Crippen molar-refractivity contribution in [2.24, 2.45) is 0 Å². The molecule has 8 nitrogen and oxygen atoms in total. The largest absolute Gasteiger partial charge is 0.497 e. The van der Waals surface area contributed by atoms with Crippen molar-refractivity contribution in [3.05, 3.63) is 45.5 Å². The number of ether oxygens (including phenoxy) is 3. The number of methoxy groups -OCH3 is 1. The van der Waals surface area contributed by atoms with E-state index in [2.05, 4.69) is 20.9 Å². The Labute approximate surface area is 187 Å². The standard InChI is InChI=1S/C20H22BrClN2O6/c1-28-13-6-4-12(5-7-13)10-29-18-14(21)9-17(22)23-19(18)30-11-16(25)15-3-2-8-24(15)20(26)27/h4-7,9,15-16,25H,2-3,8,10-11H2,1H3,(H,26,27)/t15?,16-/m1/s1. The minimum atomic E-state index is -1.05. The summed E-state index contributed by atoms with van der Waals surface area (Å²) < 4.78 is 17.3. The molecule has 1 amide bonds. The van der Waals surface area contributed by atoms with Crippen LogP contribution in [0.15, 0.2) is 34.8 Å². The zero-order valence-corrected chi connectivity index (χ0v) is 18.6. The van der Waals surface area contributed by atoms with E-state index in [9.17, 15) is 15.0 Å². The molecule has 1 fully saturated rings. The molecule has 1 unspecified atom stereocenters. The van der Waals surface area contributed by atoms with Crippen molar-refractivity contribution in [1.29, 1.82) is 0 Å². The number of nitrogens with zero attached hydrogens (tertiary/aromatic N) is 2. The number of carboxylic acid groups (broad SMARTS) is 1. The summed E-state index contributed by atoms with van der Waals surface area (Å²) in [5, 5.41) is 19.9. The monoisotopic (exact) mass is 500 g/mol. The highest BCUT2D eigenvalue weighted by atomic mass is 79.9. The third-order valence-corrected chi connectivity index (χ3v) is 5.57. The number of benzene rings is 1. The number of carbonyl (C=O) groups is 1. The van der Waals surface area contributed by atoms with Crippen molar-refractivity contribution in [3.8, 4) is 17.4 Å². The number of rotatable bonds is 8. The van der Waals surface area contributed by atoms with Crippen molar-refractivity contribution in [2.45, 2.75) is 31.6 Å². The van der Waals surface area contributed by atoms with E-state index in [0.29, 0.717) is 29.6 Å². The minimum absolute atomic E-state index is 0.113. The normalized spacial score (nSPS) is 16.9. The number of pyridine rings is 1. The van der Waals surface area contributed by atoms with Gasteiger partial charge in [0.1, 0.15) is 30.2 Å². The molecule has 0 aliphatic carbocycles. The lowest BCUT2D eigenvalue weighted by atomic mass is 10.1. The Kier molecular flexibility index (Phi) is 7.63. The highest BCUT2D eigenvalue weighted by Crippen LogP contribution is 2.36. The lowest BCUT2D eigenvalue weighted by Crippen LogP contribution is -2.44. The Bertz CT molecular complexity index is 882. The van der Waals surface area contributed by atoms with E-state index in [1.165, 1.54) is 4.90 Å². The topological polar surface area (TPSA) is 101 Å². The molecule has 2 atom stereocenters. The van der Waals surface area contributed by atoms with Gasteiger partial charge in [0.05, 0.1) is 17.6 Å². The number of aliphatic hydroxyl groups excluding tert-OH is 1. The van der Waals surface area contributed by atoms with Crippen molar-refractivity contribution in [1.82, 2.24) is 9.88 Å². The molecule has 30 heavy (non-hydrogen) atoms. The summed E-state index contributed by atoms with van der Waals surface area (Å²) in [5.41, 5.74) is 0.909. The van der Waals surface area contributed by atoms with Gasteiger partial charge in [-0.3, -0.25) is 0 Å². The van der Waals surface area contributed by atoms with Gasteiger partial charge in [0, 0.05) is 6.54 Å². The first-order valence-electron chi connectivity index (χ1n) is 9.31. The van der Waals surface area contributed by atoms with E-state index in [4.69, 9.17) is 25.8 Å². The van der Waals surface area contributed by atoms with Crippen LogP contribution in [0.25, 0.3) is 0 Å². The van der Waals surface area contributed by atoms with Gasteiger partial charge in [-0.1, -0.05) is 23.7 Å². The predicted octanol–water partition coefficient (Wildman–Crippen LogP) is 3.97. The number of aliphatic hydroxyl groups is 1. The number of likely N-dealkylation sites (tertiary alicyclic amines) is 1. The van der Waals surface area contributed by atoms with Crippen LogP contribution in [0, 0.1) is 0 Å². The molecule has 1 aliphatic rings. The fraction of sp³-hybridized carbons (Fsp3) is 0.400. The summed E-state index contributed by atoms with van der Waals surface area (Å²) in [6, 6.07) is 8.47. The van der Waals surface area contributed by atoms with Crippen LogP contribution in [0.5, 0.6) is 17.4 Å². The second-order valence-electron chi connectivity index (χ2n) is 6.76. The molecule has 0 spiro atoms. The fourth-order valence-electron chi connectivity index (χ4n) is 3.26. The van der Waals surface area contributed by atoms with Gasteiger partial charge < -0.3 is 29.3 Å². The van der Waals surface area contributed by atoms with E-state index in [1.54, 1.807) is 13.2 Å². The van der Waals surface area contributed by atoms with Gasteiger partial charge in [-0.25, -0.2) is 4.79 Å². The maximum absolute atomic E-state index is 11.3. The maximum Gasteiger partial charge on any atom is 0.407 e. The molecule has 3 rings (SSSR count). The number of hydrogen-bond acceptors (Lipinski definition) is 6. The van der Waals surface area contributed by atoms with Gasteiger partial charge in [-0.05, 0) is 52.5 Å². The van der Waals surface area contributed by atoms with Gasteiger partial charge in [-0.15, -0.1) is 0 Å². The van der Waals surface area contributed by atoms with Crippen molar-refractivity contribution >= 4 is 33.6 Å². The van der Waals surface area contributed by atoms with Crippen LogP contribution in [0.4, 0.5) is 4.79 Å². The van der Waals surface area contributed by atoms with Crippen LogP contribution in [0.1, 0.15) is 18.4 Å². The predicted molar refractivity (Wildman–Crippen MR) is 114 cm³/mol. The molecule has 2 aromatic rings. The lowest BCUT2D eigenvalue weighted by molar-refractivity contribution is 0.0344. The van der Waals surface area contributed by atoms with Crippen LogP contribution < -0.4 is 14.2 Å². The van der Waals surface area contributed by atoms with Crippen LogP contribution >= 0.6 is 27.5 Å². The summed E-state index contributed by atoms with van der Waals surface area (Å²) in [6.45, 7) is 0.502. The lowest BCUT2D eigenvalue weighted by Gasteiger charge is -2.26. The van der Waals surface area contributed by atoms with E-state index < -0.39 is 18.2 Å². The van der Waals surface area contributed by atoms with Gasteiger partial charge in [0.15, 0.2) is 5.75 Å². The zero-order chi connectivity index (χ0) is 21.7. The molecular formula is C20H22BrClN2O6. The Morgan fingerprint density at radius 3 is 2.77 bits per heavy atom. The van der Waals surface area contributed by atoms with E-state index in [0.717, 1.165) is 11.3 Å². The number of hydrogen-bond donors (Lipinski definition) is 2. The van der Waals surface area contributed by atoms with Crippen molar-refractivity contribution in [3.63, 3.8) is 0 Å². The SMILES string of the molecule is COc1ccc(COc2c(Br)cc(Cl)nc2OC[C@@H](O)C2CCCN2C(=O)O)cc1. The second kappa shape index (κ2) is 10.2. The molecule has 0 saturated carbocycles. The van der Waals surface area contributed by atoms with Gasteiger partial charge in [-0.2, -0.15) is 4.98 Å². The molecule has 1 saturated heterocycles. The molecular weight excluding hydrogens is 480 g/mol. The molecule has 0 bridgehead atoms. The number of amides is 1. The van der Waals surface area contributed by atoms with Gasteiger partial charge >= 0.3 is 6.09 Å². The highest BCUT2D eigenvalue weighted by molar-refractivity contribution is 9.10. The van der Waals surface area contributed by atoms with Crippen LogP contribution in [0.2, 0.25) is 5.15 Å². The molecule has 0 radical (unpaired) electrons. The quantitative estimate of drug-likeness (QED) is 0.528. The van der Waals surface area contributed by atoms with Gasteiger partial charge in [0.25, 0.3) is 5.88 Å². The van der Waals surface area contributed by atoms with E-state index in [1.807, 2.05) is 24.3 Å². The first-order valence-corrected chi connectivity index (χ1v) is 10.5. The van der Waals surface area contributed by atoms with Crippen LogP contribution in [0.3, 0.4) is 0 Å². The smallest absolute Gasteiger partial charge is 0.407 e. The van der Waals surface area contributed by atoms with E-state index in [-0.39, 0.29) is 24.2 Å². The fourth-order valence-corrected chi connectivity index (χ4v) is 4.08. The third kappa shape index (κ3) is 5.47. The first-order chi connectivity index (χ1) is 14.4. The zero-order valence-electron chi connectivity index (χ0n) is 16.3. The summed E-state index contributed by atoms with van der Waals surface area (Å²) in [7, 11) is 1.60. The molecule has 1 aromatic carbocycles. The molecule has 1 aliphatic heterocycles. The van der Waals surface area contributed by atoms with Crippen molar-refractivity contribution < 1.29 is 29.2 Å². The average Bonchev–Trinajstić information content (AvgIpc) is 3.22. The summed E-state index contributed by atoms with van der Waals surface area (Å²) in [6.07, 6.45) is -0.781. The number of halogens is 2. The van der Waals surface area contributed by atoms with E-state index >= 15 is 0 Å². The molecule has 2 heterocycles. The van der Waals surface area contributed by atoms with Crippen molar-refractivity contribution in [2.75, 3.05) is 20.3 Å². The minimum Gasteiger partial charge on any atom is -0.497 e.